The Morgan fingerprint density at radius 1 is 1.17 bits per heavy atom. The summed E-state index contributed by atoms with van der Waals surface area (Å²) in [6, 6.07) is 8.27. The van der Waals surface area contributed by atoms with E-state index >= 15 is 0 Å². The predicted octanol–water partition coefficient (Wildman–Crippen LogP) is 3.47. The van der Waals surface area contributed by atoms with Crippen LogP contribution in [0.25, 0.3) is 0 Å². The molecule has 2 saturated heterocycles. The van der Waals surface area contributed by atoms with E-state index in [1.807, 2.05) is 17.0 Å². The molecule has 1 amide bonds. The summed E-state index contributed by atoms with van der Waals surface area (Å²) in [4.78, 5) is 14.9. The van der Waals surface area contributed by atoms with E-state index in [0.717, 1.165) is 64.2 Å². The van der Waals surface area contributed by atoms with Crippen LogP contribution in [0.4, 0.5) is 0 Å². The highest BCUT2D eigenvalue weighted by Gasteiger charge is 2.23. The molecule has 1 aromatic carbocycles. The molecule has 0 N–H and O–H groups in total. The minimum Gasteiger partial charge on any atom is -0.384 e. The van der Waals surface area contributed by atoms with Gasteiger partial charge < -0.3 is 14.4 Å². The van der Waals surface area contributed by atoms with Crippen LogP contribution in [0.2, 0.25) is 0 Å². The fraction of sp³-hybridized carbons (Fsp3) is 0.650. The van der Waals surface area contributed by atoms with Crippen molar-refractivity contribution in [3.63, 3.8) is 0 Å². The molecule has 2 heterocycles. The monoisotopic (exact) mass is 331 g/mol. The third-order valence-electron chi connectivity index (χ3n) is 5.31. The number of amides is 1. The molecule has 0 unspecified atom stereocenters. The fourth-order valence-electron chi connectivity index (χ4n) is 3.90. The zero-order valence-electron chi connectivity index (χ0n) is 14.7. The number of benzene rings is 1. The van der Waals surface area contributed by atoms with Crippen molar-refractivity contribution in [3.05, 3.63) is 35.4 Å². The van der Waals surface area contributed by atoms with E-state index in [2.05, 4.69) is 12.1 Å². The van der Waals surface area contributed by atoms with Gasteiger partial charge in [-0.2, -0.15) is 0 Å². The summed E-state index contributed by atoms with van der Waals surface area (Å²) in [5.74, 6) is 1.20. The zero-order valence-corrected chi connectivity index (χ0v) is 14.7. The first-order valence-electron chi connectivity index (χ1n) is 9.24. The van der Waals surface area contributed by atoms with Crippen LogP contribution in [0.3, 0.4) is 0 Å². The molecular formula is C20H29NO3. The second kappa shape index (κ2) is 8.63. The molecule has 1 aromatic rings. The highest BCUT2D eigenvalue weighted by atomic mass is 16.5. The minimum absolute atomic E-state index is 0.163. The summed E-state index contributed by atoms with van der Waals surface area (Å²) in [6.45, 7) is 4.11. The van der Waals surface area contributed by atoms with Crippen LogP contribution >= 0.6 is 0 Å². The lowest BCUT2D eigenvalue weighted by atomic mass is 9.91. The van der Waals surface area contributed by atoms with Gasteiger partial charge >= 0.3 is 0 Å². The Kier molecular flexibility index (Phi) is 6.27. The van der Waals surface area contributed by atoms with Gasteiger partial charge in [0.15, 0.2) is 0 Å². The molecule has 0 saturated carbocycles. The maximum atomic E-state index is 12.9. The van der Waals surface area contributed by atoms with Crippen molar-refractivity contribution < 1.29 is 14.3 Å². The van der Waals surface area contributed by atoms with Crippen molar-refractivity contribution in [1.29, 1.82) is 0 Å². The maximum absolute atomic E-state index is 12.9. The molecule has 1 atom stereocenters. The Labute approximate surface area is 145 Å². The summed E-state index contributed by atoms with van der Waals surface area (Å²) >= 11 is 0. The molecule has 4 heteroatoms. The van der Waals surface area contributed by atoms with Gasteiger partial charge in [0.05, 0.1) is 6.61 Å². The third-order valence-corrected chi connectivity index (χ3v) is 5.31. The summed E-state index contributed by atoms with van der Waals surface area (Å²) in [5.41, 5.74) is 2.15. The number of nitrogens with zero attached hydrogens (tertiary/aromatic N) is 1. The van der Waals surface area contributed by atoms with Crippen molar-refractivity contribution >= 4 is 5.91 Å². The average Bonchev–Trinajstić information content (AvgIpc) is 2.88. The van der Waals surface area contributed by atoms with Crippen molar-refractivity contribution in [2.45, 2.75) is 38.0 Å². The SMILES string of the molecule is COC[C@H]1CCCCN(C(=O)c2ccc(C3CCOCC3)cc2)C1. The summed E-state index contributed by atoms with van der Waals surface area (Å²) in [7, 11) is 1.74. The minimum atomic E-state index is 0.163. The number of likely N-dealkylation sites (tertiary alicyclic amines) is 1. The number of rotatable bonds is 4. The van der Waals surface area contributed by atoms with Gasteiger partial charge in [-0.3, -0.25) is 4.79 Å². The van der Waals surface area contributed by atoms with Crippen LogP contribution < -0.4 is 0 Å². The standard InChI is InChI=1S/C20H29NO3/c1-23-15-16-4-2-3-11-21(14-16)20(22)19-7-5-17(6-8-19)18-9-12-24-13-10-18/h5-8,16,18H,2-4,9-15H2,1H3/t16-/m0/s1. The van der Waals surface area contributed by atoms with Crippen LogP contribution in [0.15, 0.2) is 24.3 Å². The molecule has 24 heavy (non-hydrogen) atoms. The maximum Gasteiger partial charge on any atom is 0.253 e. The van der Waals surface area contributed by atoms with Gasteiger partial charge in [0.25, 0.3) is 5.91 Å². The van der Waals surface area contributed by atoms with Gasteiger partial charge in [-0.1, -0.05) is 18.6 Å². The first kappa shape index (κ1) is 17.4. The first-order chi connectivity index (χ1) is 11.8. The van der Waals surface area contributed by atoms with E-state index in [9.17, 15) is 4.79 Å². The molecule has 2 aliphatic heterocycles. The normalized spacial score (nSPS) is 23.0. The molecule has 4 nitrogen and oxygen atoms in total. The number of hydrogen-bond acceptors (Lipinski definition) is 3. The number of ether oxygens (including phenoxy) is 2. The lowest BCUT2D eigenvalue weighted by Gasteiger charge is -2.25. The van der Waals surface area contributed by atoms with Gasteiger partial charge in [-0.25, -0.2) is 0 Å². The molecule has 0 aromatic heterocycles. The second-order valence-electron chi connectivity index (χ2n) is 7.08. The van der Waals surface area contributed by atoms with Gasteiger partial charge in [-0.15, -0.1) is 0 Å². The highest BCUT2D eigenvalue weighted by Crippen LogP contribution is 2.27. The zero-order chi connectivity index (χ0) is 16.8. The van der Waals surface area contributed by atoms with E-state index in [4.69, 9.17) is 9.47 Å². The first-order valence-corrected chi connectivity index (χ1v) is 9.24. The van der Waals surface area contributed by atoms with Crippen molar-refractivity contribution in [3.8, 4) is 0 Å². The smallest absolute Gasteiger partial charge is 0.253 e. The van der Waals surface area contributed by atoms with Gasteiger partial charge in [0.1, 0.15) is 0 Å². The summed E-state index contributed by atoms with van der Waals surface area (Å²) in [6.07, 6.45) is 5.59. The molecule has 2 fully saturated rings. The van der Waals surface area contributed by atoms with E-state index in [1.165, 1.54) is 12.0 Å². The molecule has 0 radical (unpaired) electrons. The quantitative estimate of drug-likeness (QED) is 0.848. The van der Waals surface area contributed by atoms with Crippen molar-refractivity contribution in [2.75, 3.05) is 40.0 Å². The topological polar surface area (TPSA) is 38.8 Å². The fourth-order valence-corrected chi connectivity index (χ4v) is 3.90. The van der Waals surface area contributed by atoms with Crippen LogP contribution in [-0.2, 0) is 9.47 Å². The van der Waals surface area contributed by atoms with Crippen LogP contribution in [0.5, 0.6) is 0 Å². The van der Waals surface area contributed by atoms with Crippen molar-refractivity contribution in [1.82, 2.24) is 4.90 Å². The molecule has 3 rings (SSSR count). The number of hydrogen-bond donors (Lipinski definition) is 0. The average molecular weight is 331 g/mol. The van der Waals surface area contributed by atoms with Gasteiger partial charge in [0, 0.05) is 39.0 Å². The Morgan fingerprint density at radius 2 is 1.92 bits per heavy atom. The second-order valence-corrected chi connectivity index (χ2v) is 7.08. The van der Waals surface area contributed by atoms with Crippen LogP contribution in [0.1, 0.15) is 53.9 Å². The van der Waals surface area contributed by atoms with Gasteiger partial charge in [-0.05, 0) is 55.2 Å². The van der Waals surface area contributed by atoms with Crippen LogP contribution in [-0.4, -0.2) is 50.8 Å². The molecular weight excluding hydrogens is 302 g/mol. The largest absolute Gasteiger partial charge is 0.384 e. The Morgan fingerprint density at radius 3 is 2.62 bits per heavy atom. The highest BCUT2D eigenvalue weighted by molar-refractivity contribution is 5.94. The van der Waals surface area contributed by atoms with E-state index in [0.29, 0.717) is 11.8 Å². The van der Waals surface area contributed by atoms with Crippen LogP contribution in [0, 0.1) is 5.92 Å². The summed E-state index contributed by atoms with van der Waals surface area (Å²) in [5, 5.41) is 0. The number of carbonyl (C=O) groups is 1. The van der Waals surface area contributed by atoms with Gasteiger partial charge in [0.2, 0.25) is 0 Å². The third kappa shape index (κ3) is 4.37. The Hall–Kier alpha value is -1.39. The lowest BCUT2D eigenvalue weighted by molar-refractivity contribution is 0.0696. The van der Waals surface area contributed by atoms with E-state index in [1.54, 1.807) is 7.11 Å². The van der Waals surface area contributed by atoms with Crippen molar-refractivity contribution in [2.24, 2.45) is 5.92 Å². The molecule has 2 aliphatic rings. The molecule has 0 spiro atoms. The van der Waals surface area contributed by atoms with E-state index in [-0.39, 0.29) is 5.91 Å². The Bertz CT molecular complexity index is 522. The predicted molar refractivity (Wildman–Crippen MR) is 94.4 cm³/mol. The number of methoxy groups -OCH3 is 1. The summed E-state index contributed by atoms with van der Waals surface area (Å²) < 4.78 is 10.7. The molecule has 0 bridgehead atoms. The lowest BCUT2D eigenvalue weighted by Crippen LogP contribution is -2.35. The Balaban J connectivity index is 1.65. The molecule has 0 aliphatic carbocycles. The number of carbonyl (C=O) groups excluding carboxylic acids is 1. The molecule has 132 valence electrons. The van der Waals surface area contributed by atoms with E-state index < -0.39 is 0 Å².